The van der Waals surface area contributed by atoms with Crippen molar-refractivity contribution in [2.24, 2.45) is 0 Å². The standard InChI is InChI=1S/C17H16ClN3S/c1-13-2-5-15(6-3-13)16-12-22-17(20-16)7-4-14-10-19-21(11-14)9-8-18/h2-7,10-12H,8-9H2,1H3/b7-4+. The van der Waals surface area contributed by atoms with Gasteiger partial charge in [0.05, 0.1) is 18.4 Å². The Morgan fingerprint density at radius 2 is 2.05 bits per heavy atom. The molecular formula is C17H16ClN3S. The quantitative estimate of drug-likeness (QED) is 0.634. The van der Waals surface area contributed by atoms with Crippen molar-refractivity contribution in [2.75, 3.05) is 5.88 Å². The van der Waals surface area contributed by atoms with E-state index < -0.39 is 0 Å². The Balaban J connectivity index is 1.73. The molecule has 0 bridgehead atoms. The molecule has 2 aromatic heterocycles. The lowest BCUT2D eigenvalue weighted by molar-refractivity contribution is 0.664. The molecule has 0 saturated carbocycles. The maximum absolute atomic E-state index is 5.70. The van der Waals surface area contributed by atoms with Gasteiger partial charge in [-0.3, -0.25) is 4.68 Å². The third-order valence-electron chi connectivity index (χ3n) is 3.25. The SMILES string of the molecule is Cc1ccc(-c2csc(/C=C/c3cnn(CCCl)c3)n2)cc1. The lowest BCUT2D eigenvalue weighted by Gasteiger charge is -1.96. The number of aryl methyl sites for hydroxylation is 2. The van der Waals surface area contributed by atoms with E-state index >= 15 is 0 Å². The molecule has 3 rings (SSSR count). The van der Waals surface area contributed by atoms with Gasteiger partial charge < -0.3 is 0 Å². The van der Waals surface area contributed by atoms with E-state index in [0.29, 0.717) is 5.88 Å². The molecule has 0 aliphatic heterocycles. The summed E-state index contributed by atoms with van der Waals surface area (Å²) in [6, 6.07) is 8.42. The van der Waals surface area contributed by atoms with Gasteiger partial charge in [0.1, 0.15) is 5.01 Å². The molecule has 22 heavy (non-hydrogen) atoms. The van der Waals surface area contributed by atoms with Gasteiger partial charge >= 0.3 is 0 Å². The summed E-state index contributed by atoms with van der Waals surface area (Å²) >= 11 is 7.34. The van der Waals surface area contributed by atoms with Crippen LogP contribution in [-0.4, -0.2) is 20.6 Å². The highest BCUT2D eigenvalue weighted by molar-refractivity contribution is 7.10. The van der Waals surface area contributed by atoms with Gasteiger partial charge in [-0.25, -0.2) is 4.98 Å². The smallest absolute Gasteiger partial charge is 0.116 e. The first-order chi connectivity index (χ1) is 10.7. The van der Waals surface area contributed by atoms with E-state index in [1.54, 1.807) is 11.3 Å². The van der Waals surface area contributed by atoms with E-state index in [-0.39, 0.29) is 0 Å². The molecule has 0 amide bonds. The Hall–Kier alpha value is -1.91. The number of rotatable bonds is 5. The van der Waals surface area contributed by atoms with Crippen molar-refractivity contribution in [1.29, 1.82) is 0 Å². The predicted molar refractivity (Wildman–Crippen MR) is 94.2 cm³/mol. The second-order valence-electron chi connectivity index (χ2n) is 5.00. The lowest BCUT2D eigenvalue weighted by atomic mass is 10.1. The minimum absolute atomic E-state index is 0.567. The van der Waals surface area contributed by atoms with Gasteiger partial charge in [0, 0.05) is 28.6 Å². The fourth-order valence-corrected chi connectivity index (χ4v) is 2.96. The van der Waals surface area contributed by atoms with Crippen LogP contribution in [0.5, 0.6) is 0 Å². The van der Waals surface area contributed by atoms with Crippen molar-refractivity contribution >= 4 is 35.1 Å². The molecule has 0 spiro atoms. The molecule has 0 aliphatic rings. The van der Waals surface area contributed by atoms with Crippen LogP contribution in [0.1, 0.15) is 16.1 Å². The van der Waals surface area contributed by atoms with Crippen LogP contribution < -0.4 is 0 Å². The van der Waals surface area contributed by atoms with Crippen LogP contribution in [0.4, 0.5) is 0 Å². The highest BCUT2D eigenvalue weighted by Gasteiger charge is 2.02. The molecule has 3 aromatic rings. The lowest BCUT2D eigenvalue weighted by Crippen LogP contribution is -1.98. The van der Waals surface area contributed by atoms with Gasteiger partial charge in [0.15, 0.2) is 0 Å². The van der Waals surface area contributed by atoms with E-state index in [0.717, 1.165) is 28.4 Å². The summed E-state index contributed by atoms with van der Waals surface area (Å²) in [5, 5.41) is 7.31. The fourth-order valence-electron chi connectivity index (χ4n) is 2.06. The zero-order valence-electron chi connectivity index (χ0n) is 12.2. The summed E-state index contributed by atoms with van der Waals surface area (Å²) in [5.41, 5.74) is 4.48. The average molecular weight is 330 g/mol. The summed E-state index contributed by atoms with van der Waals surface area (Å²) in [5.74, 6) is 0.567. The third-order valence-corrected chi connectivity index (χ3v) is 4.23. The van der Waals surface area contributed by atoms with Crippen molar-refractivity contribution in [3.63, 3.8) is 0 Å². The van der Waals surface area contributed by atoms with Crippen LogP contribution in [0, 0.1) is 6.92 Å². The van der Waals surface area contributed by atoms with E-state index in [1.165, 1.54) is 5.56 Å². The molecule has 2 heterocycles. The van der Waals surface area contributed by atoms with Gasteiger partial charge in [0.25, 0.3) is 0 Å². The zero-order valence-corrected chi connectivity index (χ0v) is 13.8. The molecule has 3 nitrogen and oxygen atoms in total. The van der Waals surface area contributed by atoms with Crippen LogP contribution in [0.15, 0.2) is 42.0 Å². The molecule has 0 atom stereocenters. The summed E-state index contributed by atoms with van der Waals surface area (Å²) in [6.07, 6.45) is 7.85. The molecular weight excluding hydrogens is 314 g/mol. The third kappa shape index (κ3) is 3.64. The summed E-state index contributed by atoms with van der Waals surface area (Å²) < 4.78 is 1.84. The Labute approximate surface area is 138 Å². The normalized spacial score (nSPS) is 11.4. The zero-order chi connectivity index (χ0) is 15.4. The first-order valence-electron chi connectivity index (χ1n) is 7.04. The summed E-state index contributed by atoms with van der Waals surface area (Å²) in [6.45, 7) is 2.81. The minimum Gasteiger partial charge on any atom is -0.271 e. The molecule has 1 aromatic carbocycles. The van der Waals surface area contributed by atoms with Crippen LogP contribution in [0.2, 0.25) is 0 Å². The number of halogens is 1. The highest BCUT2D eigenvalue weighted by Crippen LogP contribution is 2.23. The minimum atomic E-state index is 0.567. The van der Waals surface area contributed by atoms with Crippen LogP contribution in [0.25, 0.3) is 23.4 Å². The Bertz CT molecular complexity index is 771. The average Bonchev–Trinajstić information content (AvgIpc) is 3.16. The molecule has 0 unspecified atom stereocenters. The molecule has 0 N–H and O–H groups in total. The van der Waals surface area contributed by atoms with E-state index in [4.69, 9.17) is 11.6 Å². The Morgan fingerprint density at radius 1 is 1.23 bits per heavy atom. The fraction of sp³-hybridized carbons (Fsp3) is 0.176. The molecule has 0 radical (unpaired) electrons. The number of hydrogen-bond acceptors (Lipinski definition) is 3. The maximum Gasteiger partial charge on any atom is 0.116 e. The first kappa shape index (κ1) is 15.0. The number of thiazole rings is 1. The number of hydrogen-bond donors (Lipinski definition) is 0. The van der Waals surface area contributed by atoms with Crippen LogP contribution >= 0.6 is 22.9 Å². The second kappa shape index (κ2) is 6.90. The van der Waals surface area contributed by atoms with Gasteiger partial charge in [-0.2, -0.15) is 5.10 Å². The maximum atomic E-state index is 5.70. The van der Waals surface area contributed by atoms with Crippen molar-refractivity contribution in [3.05, 3.63) is 58.2 Å². The van der Waals surface area contributed by atoms with Gasteiger partial charge in [-0.1, -0.05) is 29.8 Å². The largest absolute Gasteiger partial charge is 0.271 e. The van der Waals surface area contributed by atoms with Crippen molar-refractivity contribution < 1.29 is 0 Å². The monoisotopic (exact) mass is 329 g/mol. The van der Waals surface area contributed by atoms with Crippen LogP contribution in [0.3, 0.4) is 0 Å². The highest BCUT2D eigenvalue weighted by atomic mass is 35.5. The second-order valence-corrected chi connectivity index (χ2v) is 6.26. The van der Waals surface area contributed by atoms with Crippen LogP contribution in [-0.2, 0) is 6.54 Å². The van der Waals surface area contributed by atoms with E-state index in [2.05, 4.69) is 46.7 Å². The molecule has 0 fully saturated rings. The number of alkyl halides is 1. The molecule has 0 saturated heterocycles. The summed E-state index contributed by atoms with van der Waals surface area (Å²) in [4.78, 5) is 4.65. The summed E-state index contributed by atoms with van der Waals surface area (Å²) in [7, 11) is 0. The van der Waals surface area contributed by atoms with E-state index in [1.807, 2.05) is 29.2 Å². The number of aromatic nitrogens is 3. The number of benzene rings is 1. The van der Waals surface area contributed by atoms with Gasteiger partial charge in [-0.05, 0) is 19.1 Å². The van der Waals surface area contributed by atoms with E-state index in [9.17, 15) is 0 Å². The van der Waals surface area contributed by atoms with Crippen molar-refractivity contribution in [2.45, 2.75) is 13.5 Å². The Kier molecular flexibility index (Phi) is 4.71. The van der Waals surface area contributed by atoms with Crippen molar-refractivity contribution in [1.82, 2.24) is 14.8 Å². The molecule has 5 heteroatoms. The van der Waals surface area contributed by atoms with Crippen molar-refractivity contribution in [3.8, 4) is 11.3 Å². The molecule has 0 aliphatic carbocycles. The predicted octanol–water partition coefficient (Wildman–Crippen LogP) is 4.72. The van der Waals surface area contributed by atoms with Gasteiger partial charge in [-0.15, -0.1) is 22.9 Å². The van der Waals surface area contributed by atoms with Gasteiger partial charge in [0.2, 0.25) is 0 Å². The first-order valence-corrected chi connectivity index (χ1v) is 8.45. The Morgan fingerprint density at radius 3 is 2.82 bits per heavy atom. The number of nitrogens with zero attached hydrogens (tertiary/aromatic N) is 3. The topological polar surface area (TPSA) is 30.7 Å². The molecule has 112 valence electrons.